The van der Waals surface area contributed by atoms with Crippen LogP contribution in [0.25, 0.3) is 0 Å². The van der Waals surface area contributed by atoms with Gasteiger partial charge in [0.15, 0.2) is 0 Å². The summed E-state index contributed by atoms with van der Waals surface area (Å²) in [6, 6.07) is 0. The van der Waals surface area contributed by atoms with Gasteiger partial charge in [-0.2, -0.15) is 0 Å². The van der Waals surface area contributed by atoms with Crippen molar-refractivity contribution in [2.45, 2.75) is 43.9 Å². The highest BCUT2D eigenvalue weighted by molar-refractivity contribution is 9.09. The molecule has 0 spiro atoms. The van der Waals surface area contributed by atoms with Crippen molar-refractivity contribution in [2.75, 3.05) is 20.3 Å². The summed E-state index contributed by atoms with van der Waals surface area (Å²) in [5.74, 6) is 0.167. The first-order chi connectivity index (χ1) is 7.20. The van der Waals surface area contributed by atoms with Crippen LogP contribution in [0.15, 0.2) is 0 Å². The Morgan fingerprint density at radius 3 is 2.80 bits per heavy atom. The van der Waals surface area contributed by atoms with Gasteiger partial charge in [0.1, 0.15) is 0 Å². The molecule has 1 atom stereocenters. The van der Waals surface area contributed by atoms with E-state index in [0.29, 0.717) is 17.9 Å². The third kappa shape index (κ3) is 10.2. The van der Waals surface area contributed by atoms with E-state index in [1.54, 1.807) is 7.11 Å². The lowest BCUT2D eigenvalue weighted by atomic mass is 10.2. The van der Waals surface area contributed by atoms with E-state index in [0.717, 1.165) is 32.2 Å². The van der Waals surface area contributed by atoms with Crippen LogP contribution >= 0.6 is 15.9 Å². The molecule has 1 amide bonds. The van der Waals surface area contributed by atoms with E-state index in [2.05, 4.69) is 28.2 Å². The Balaban J connectivity index is 3.30. The summed E-state index contributed by atoms with van der Waals surface area (Å²) in [6.45, 7) is 3.55. The lowest BCUT2D eigenvalue weighted by Gasteiger charge is -2.09. The maximum Gasteiger partial charge on any atom is 0.219 e. The molecule has 0 fully saturated rings. The number of alkyl halides is 1. The Bertz CT molecular complexity index is 165. The van der Waals surface area contributed by atoms with Gasteiger partial charge in [0.25, 0.3) is 0 Å². The molecule has 4 heteroatoms. The zero-order chi connectivity index (χ0) is 11.5. The van der Waals surface area contributed by atoms with Crippen LogP contribution in [-0.4, -0.2) is 31.0 Å². The first kappa shape index (κ1) is 14.9. The van der Waals surface area contributed by atoms with Crippen LogP contribution in [0.3, 0.4) is 0 Å². The molecule has 0 radical (unpaired) electrons. The van der Waals surface area contributed by atoms with Crippen molar-refractivity contribution in [1.82, 2.24) is 5.32 Å². The van der Waals surface area contributed by atoms with Gasteiger partial charge in [0.2, 0.25) is 5.91 Å². The summed E-state index contributed by atoms with van der Waals surface area (Å²) in [7, 11) is 1.68. The first-order valence-corrected chi connectivity index (χ1v) is 6.52. The second kappa shape index (κ2) is 10.4. The largest absolute Gasteiger partial charge is 0.384 e. The third-order valence-corrected chi connectivity index (χ3v) is 2.86. The van der Waals surface area contributed by atoms with Crippen LogP contribution in [0.2, 0.25) is 0 Å². The summed E-state index contributed by atoms with van der Waals surface area (Å²) in [5, 5.41) is 2.91. The van der Waals surface area contributed by atoms with E-state index in [9.17, 15) is 4.79 Å². The molecule has 0 aliphatic rings. The van der Waals surface area contributed by atoms with Gasteiger partial charge < -0.3 is 10.1 Å². The second-order valence-corrected chi connectivity index (χ2v) is 4.94. The average molecular weight is 280 g/mol. The van der Waals surface area contributed by atoms with E-state index in [-0.39, 0.29) is 5.91 Å². The number of unbranched alkanes of at least 4 members (excludes halogenated alkanes) is 2. The van der Waals surface area contributed by atoms with Crippen LogP contribution in [-0.2, 0) is 9.53 Å². The minimum Gasteiger partial charge on any atom is -0.384 e. The normalized spacial score (nSPS) is 12.5. The second-order valence-electron chi connectivity index (χ2n) is 3.65. The maximum atomic E-state index is 11.3. The van der Waals surface area contributed by atoms with Gasteiger partial charge in [0.05, 0.1) is 6.61 Å². The Kier molecular flexibility index (Phi) is 10.4. The van der Waals surface area contributed by atoms with Gasteiger partial charge >= 0.3 is 0 Å². The minimum absolute atomic E-state index is 0.167. The van der Waals surface area contributed by atoms with E-state index < -0.39 is 0 Å². The number of carbonyl (C=O) groups excluding carboxylic acids is 1. The van der Waals surface area contributed by atoms with Gasteiger partial charge in [0, 0.05) is 24.9 Å². The molecule has 0 bridgehead atoms. The van der Waals surface area contributed by atoms with E-state index >= 15 is 0 Å². The Hall–Kier alpha value is -0.0900. The number of amides is 1. The van der Waals surface area contributed by atoms with Crippen LogP contribution in [0.1, 0.15) is 39.0 Å². The molecule has 0 heterocycles. The summed E-state index contributed by atoms with van der Waals surface area (Å²) in [5.41, 5.74) is 0. The highest BCUT2D eigenvalue weighted by Gasteiger charge is 2.04. The molecule has 1 N–H and O–H groups in total. The monoisotopic (exact) mass is 279 g/mol. The highest BCUT2D eigenvalue weighted by atomic mass is 79.9. The van der Waals surface area contributed by atoms with Crippen molar-refractivity contribution in [1.29, 1.82) is 0 Å². The average Bonchev–Trinajstić information content (AvgIpc) is 2.18. The van der Waals surface area contributed by atoms with E-state index in [1.807, 2.05) is 0 Å². The van der Waals surface area contributed by atoms with E-state index in [4.69, 9.17) is 4.74 Å². The van der Waals surface area contributed by atoms with Gasteiger partial charge in [-0.25, -0.2) is 0 Å². The van der Waals surface area contributed by atoms with Crippen molar-refractivity contribution in [3.05, 3.63) is 0 Å². The SMILES string of the molecule is CCCCCC(=O)NCCC(Br)COC. The van der Waals surface area contributed by atoms with Crippen LogP contribution in [0, 0.1) is 0 Å². The molecule has 90 valence electrons. The summed E-state index contributed by atoms with van der Waals surface area (Å²) in [6.07, 6.45) is 4.86. The smallest absolute Gasteiger partial charge is 0.219 e. The zero-order valence-electron chi connectivity index (χ0n) is 9.72. The number of nitrogens with one attached hydrogen (secondary N) is 1. The number of hydrogen-bond donors (Lipinski definition) is 1. The summed E-state index contributed by atoms with van der Waals surface area (Å²) in [4.78, 5) is 11.6. The van der Waals surface area contributed by atoms with Crippen molar-refractivity contribution >= 4 is 21.8 Å². The molecule has 0 aromatic rings. The van der Waals surface area contributed by atoms with Gasteiger partial charge in [-0.15, -0.1) is 0 Å². The molecule has 0 aliphatic heterocycles. The summed E-state index contributed by atoms with van der Waals surface area (Å²) < 4.78 is 4.98. The van der Waals surface area contributed by atoms with Crippen LogP contribution in [0.4, 0.5) is 0 Å². The Morgan fingerprint density at radius 2 is 2.20 bits per heavy atom. The fourth-order valence-corrected chi connectivity index (χ4v) is 1.75. The molecule has 15 heavy (non-hydrogen) atoms. The molecule has 0 saturated carbocycles. The fourth-order valence-electron chi connectivity index (χ4n) is 1.26. The predicted molar refractivity (Wildman–Crippen MR) is 66.4 cm³/mol. The predicted octanol–water partition coefficient (Wildman–Crippen LogP) is 2.48. The quantitative estimate of drug-likeness (QED) is 0.520. The molecule has 0 rings (SSSR count). The van der Waals surface area contributed by atoms with E-state index in [1.165, 1.54) is 0 Å². The number of carbonyl (C=O) groups is 1. The molecule has 0 aromatic heterocycles. The Morgan fingerprint density at radius 1 is 1.47 bits per heavy atom. The number of hydrogen-bond acceptors (Lipinski definition) is 2. The lowest BCUT2D eigenvalue weighted by Crippen LogP contribution is -2.26. The molecule has 1 unspecified atom stereocenters. The summed E-state index contributed by atoms with van der Waals surface area (Å²) >= 11 is 3.48. The molecule has 0 aromatic carbocycles. The highest BCUT2D eigenvalue weighted by Crippen LogP contribution is 2.04. The Labute approximate surface area is 101 Å². The van der Waals surface area contributed by atoms with Gasteiger partial charge in [-0.05, 0) is 12.8 Å². The molecular formula is C11H22BrNO2. The standard InChI is InChI=1S/C11H22BrNO2/c1-3-4-5-6-11(14)13-8-7-10(12)9-15-2/h10H,3-9H2,1-2H3,(H,13,14). The fraction of sp³-hybridized carbons (Fsp3) is 0.909. The minimum atomic E-state index is 0.167. The van der Waals surface area contributed by atoms with Crippen molar-refractivity contribution in [2.24, 2.45) is 0 Å². The topological polar surface area (TPSA) is 38.3 Å². The van der Waals surface area contributed by atoms with Crippen molar-refractivity contribution in [3.8, 4) is 0 Å². The zero-order valence-corrected chi connectivity index (χ0v) is 11.3. The van der Waals surface area contributed by atoms with Crippen molar-refractivity contribution in [3.63, 3.8) is 0 Å². The maximum absolute atomic E-state index is 11.3. The van der Waals surface area contributed by atoms with Gasteiger partial charge in [-0.1, -0.05) is 35.7 Å². The third-order valence-electron chi connectivity index (χ3n) is 2.13. The molecular weight excluding hydrogens is 258 g/mol. The van der Waals surface area contributed by atoms with Crippen LogP contribution in [0.5, 0.6) is 0 Å². The number of rotatable bonds is 9. The first-order valence-electron chi connectivity index (χ1n) is 5.60. The molecule has 0 saturated heterocycles. The number of methoxy groups -OCH3 is 1. The van der Waals surface area contributed by atoms with Gasteiger partial charge in [-0.3, -0.25) is 4.79 Å². The van der Waals surface area contributed by atoms with Crippen molar-refractivity contribution < 1.29 is 9.53 Å². The molecule has 0 aliphatic carbocycles. The lowest BCUT2D eigenvalue weighted by molar-refractivity contribution is -0.121. The molecule has 3 nitrogen and oxygen atoms in total. The van der Waals surface area contributed by atoms with Crippen LogP contribution < -0.4 is 5.32 Å². The number of ether oxygens (including phenoxy) is 1. The number of halogens is 1.